The summed E-state index contributed by atoms with van der Waals surface area (Å²) in [5, 5.41) is 20.6. The second-order valence-electron chi connectivity index (χ2n) is 11.1. The fourth-order valence-corrected chi connectivity index (χ4v) is 5.12. The topological polar surface area (TPSA) is 121 Å². The molecule has 2 amide bonds. The maximum absolute atomic E-state index is 13.8. The standard InChI is InChI=1S/C27H34F2N8O3/c1-17(39)34-9-7-19(8-10-34)35-13-20(14-35)36-15-23(24(33-36)25(28)29)32-26(40)22-6-4-5-21(31-22)18-11-30-37(12-18)27(2,3)16-38/h4-6,11-12,15,19-20,25,38H,7-10,13-14,16H2,1-3H3,(H,32,40). The van der Waals surface area contributed by atoms with Gasteiger partial charge in [0.1, 0.15) is 5.69 Å². The Morgan fingerprint density at radius 2 is 1.88 bits per heavy atom. The number of likely N-dealkylation sites (tertiary alicyclic amines) is 2. The Morgan fingerprint density at radius 3 is 2.52 bits per heavy atom. The number of pyridine rings is 1. The van der Waals surface area contributed by atoms with Crippen LogP contribution in [0.25, 0.3) is 11.3 Å². The molecule has 5 heterocycles. The fourth-order valence-electron chi connectivity index (χ4n) is 5.12. The summed E-state index contributed by atoms with van der Waals surface area (Å²) < 4.78 is 30.8. The SMILES string of the molecule is CC(=O)N1CCC(N2CC(n3cc(NC(=O)c4cccc(-c5cnn(C(C)(C)CO)c5)n4)c(C(F)F)n3)C2)CC1. The number of hydrogen-bond donors (Lipinski definition) is 2. The molecule has 11 nitrogen and oxygen atoms in total. The first kappa shape index (κ1) is 27.8. The van der Waals surface area contributed by atoms with Gasteiger partial charge in [-0.15, -0.1) is 0 Å². The Kier molecular flexibility index (Phi) is 7.69. The van der Waals surface area contributed by atoms with Crippen molar-refractivity contribution in [3.63, 3.8) is 0 Å². The number of piperidine rings is 1. The molecule has 2 aliphatic heterocycles. The quantitative estimate of drug-likeness (QED) is 0.438. The largest absolute Gasteiger partial charge is 0.394 e. The van der Waals surface area contributed by atoms with Gasteiger partial charge in [-0.2, -0.15) is 10.2 Å². The van der Waals surface area contributed by atoms with Crippen LogP contribution in [0.2, 0.25) is 0 Å². The summed E-state index contributed by atoms with van der Waals surface area (Å²) in [5.41, 5.74) is 0.0679. The van der Waals surface area contributed by atoms with Crippen molar-refractivity contribution in [3.8, 4) is 11.3 Å². The van der Waals surface area contributed by atoms with E-state index in [9.17, 15) is 23.5 Å². The zero-order chi connectivity index (χ0) is 28.6. The van der Waals surface area contributed by atoms with E-state index in [0.717, 1.165) is 25.9 Å². The van der Waals surface area contributed by atoms with Crippen LogP contribution in [0.1, 0.15) is 62.3 Å². The minimum Gasteiger partial charge on any atom is -0.394 e. The molecule has 2 saturated heterocycles. The summed E-state index contributed by atoms with van der Waals surface area (Å²) in [6.45, 7) is 7.95. The number of hydrogen-bond acceptors (Lipinski definition) is 7. The van der Waals surface area contributed by atoms with Crippen molar-refractivity contribution < 1.29 is 23.5 Å². The molecule has 0 unspecified atom stereocenters. The summed E-state index contributed by atoms with van der Waals surface area (Å²) in [4.78, 5) is 33.2. The molecule has 0 bridgehead atoms. The van der Waals surface area contributed by atoms with Gasteiger partial charge >= 0.3 is 0 Å². The number of halogens is 2. The van der Waals surface area contributed by atoms with E-state index in [1.165, 1.54) is 16.9 Å². The van der Waals surface area contributed by atoms with Gasteiger partial charge in [0, 0.05) is 57.1 Å². The van der Waals surface area contributed by atoms with Gasteiger partial charge < -0.3 is 15.3 Å². The maximum Gasteiger partial charge on any atom is 0.284 e. The van der Waals surface area contributed by atoms with Crippen molar-refractivity contribution in [3.05, 3.63) is 48.2 Å². The van der Waals surface area contributed by atoms with E-state index in [-0.39, 0.29) is 29.9 Å². The van der Waals surface area contributed by atoms with Gasteiger partial charge in [-0.05, 0) is 38.8 Å². The van der Waals surface area contributed by atoms with Crippen LogP contribution in [0.3, 0.4) is 0 Å². The molecule has 13 heteroatoms. The number of anilines is 1. The van der Waals surface area contributed by atoms with Crippen LogP contribution in [0, 0.1) is 0 Å². The molecule has 2 N–H and O–H groups in total. The molecule has 0 saturated carbocycles. The number of rotatable bonds is 8. The van der Waals surface area contributed by atoms with E-state index < -0.39 is 23.6 Å². The third kappa shape index (κ3) is 5.61. The number of nitrogens with one attached hydrogen (secondary N) is 1. The van der Waals surface area contributed by atoms with Crippen LogP contribution in [-0.4, -0.2) is 90.1 Å². The zero-order valence-electron chi connectivity index (χ0n) is 22.8. The van der Waals surface area contributed by atoms with Crippen LogP contribution in [-0.2, 0) is 10.3 Å². The Labute approximate surface area is 230 Å². The van der Waals surface area contributed by atoms with Gasteiger partial charge in [-0.3, -0.25) is 23.9 Å². The zero-order valence-corrected chi connectivity index (χ0v) is 22.8. The van der Waals surface area contributed by atoms with Crippen molar-refractivity contribution in [1.29, 1.82) is 0 Å². The number of carbonyl (C=O) groups is 2. The predicted molar refractivity (Wildman–Crippen MR) is 143 cm³/mol. The van der Waals surface area contributed by atoms with E-state index in [1.807, 2.05) is 18.7 Å². The Hall–Kier alpha value is -3.71. The van der Waals surface area contributed by atoms with E-state index in [4.69, 9.17) is 0 Å². The molecule has 214 valence electrons. The Morgan fingerprint density at radius 1 is 1.15 bits per heavy atom. The second kappa shape index (κ2) is 11.0. The predicted octanol–water partition coefficient (Wildman–Crippen LogP) is 2.93. The Bertz CT molecular complexity index is 1370. The van der Waals surface area contributed by atoms with E-state index in [0.29, 0.717) is 30.4 Å². The molecule has 0 aromatic carbocycles. The van der Waals surface area contributed by atoms with E-state index in [2.05, 4.69) is 25.4 Å². The van der Waals surface area contributed by atoms with Gasteiger partial charge in [0.2, 0.25) is 5.91 Å². The number of amides is 2. The van der Waals surface area contributed by atoms with Crippen LogP contribution >= 0.6 is 0 Å². The van der Waals surface area contributed by atoms with E-state index in [1.54, 1.807) is 36.1 Å². The van der Waals surface area contributed by atoms with Crippen molar-refractivity contribution in [2.75, 3.05) is 38.1 Å². The second-order valence-corrected chi connectivity index (χ2v) is 11.1. The lowest BCUT2D eigenvalue weighted by Gasteiger charge is -2.47. The molecule has 3 aromatic rings. The molecule has 40 heavy (non-hydrogen) atoms. The molecule has 2 fully saturated rings. The van der Waals surface area contributed by atoms with Gasteiger partial charge in [0.15, 0.2) is 5.69 Å². The molecule has 0 radical (unpaired) electrons. The smallest absolute Gasteiger partial charge is 0.284 e. The monoisotopic (exact) mass is 556 g/mol. The highest BCUT2D eigenvalue weighted by molar-refractivity contribution is 6.03. The van der Waals surface area contributed by atoms with Crippen molar-refractivity contribution >= 4 is 17.5 Å². The molecule has 2 aliphatic rings. The van der Waals surface area contributed by atoms with Gasteiger partial charge in [-0.25, -0.2) is 13.8 Å². The van der Waals surface area contributed by atoms with Gasteiger partial charge in [-0.1, -0.05) is 6.07 Å². The number of aliphatic hydroxyl groups is 1. The van der Waals surface area contributed by atoms with Crippen molar-refractivity contribution in [2.45, 2.75) is 57.7 Å². The maximum atomic E-state index is 13.8. The lowest BCUT2D eigenvalue weighted by atomic mass is 9.97. The number of aromatic nitrogens is 5. The third-order valence-electron chi connectivity index (χ3n) is 7.77. The first-order chi connectivity index (χ1) is 19.1. The third-order valence-corrected chi connectivity index (χ3v) is 7.77. The van der Waals surface area contributed by atoms with Gasteiger partial charge in [0.05, 0.1) is 35.8 Å². The van der Waals surface area contributed by atoms with Crippen LogP contribution in [0.5, 0.6) is 0 Å². The van der Waals surface area contributed by atoms with Crippen LogP contribution in [0.15, 0.2) is 36.8 Å². The normalized spacial score (nSPS) is 17.3. The lowest BCUT2D eigenvalue weighted by Crippen LogP contribution is -2.56. The highest BCUT2D eigenvalue weighted by atomic mass is 19.3. The summed E-state index contributed by atoms with van der Waals surface area (Å²) >= 11 is 0. The first-order valence-corrected chi connectivity index (χ1v) is 13.4. The molecular formula is C27H34F2N8O3. The Balaban J connectivity index is 1.25. The highest BCUT2D eigenvalue weighted by Gasteiger charge is 2.37. The average molecular weight is 557 g/mol. The van der Waals surface area contributed by atoms with Crippen LogP contribution < -0.4 is 5.32 Å². The average Bonchev–Trinajstić information content (AvgIpc) is 3.57. The first-order valence-electron chi connectivity index (χ1n) is 13.4. The molecule has 5 rings (SSSR count). The summed E-state index contributed by atoms with van der Waals surface area (Å²) in [6.07, 6.45) is 3.71. The summed E-state index contributed by atoms with van der Waals surface area (Å²) in [6, 6.07) is 5.17. The summed E-state index contributed by atoms with van der Waals surface area (Å²) in [7, 11) is 0. The molecular weight excluding hydrogens is 522 g/mol. The fraction of sp³-hybridized carbons (Fsp3) is 0.519. The van der Waals surface area contributed by atoms with Crippen molar-refractivity contribution in [2.24, 2.45) is 0 Å². The lowest BCUT2D eigenvalue weighted by molar-refractivity contribution is -0.130. The van der Waals surface area contributed by atoms with Crippen molar-refractivity contribution in [1.82, 2.24) is 34.3 Å². The van der Waals surface area contributed by atoms with Crippen LogP contribution in [0.4, 0.5) is 14.5 Å². The molecule has 0 aliphatic carbocycles. The highest BCUT2D eigenvalue weighted by Crippen LogP contribution is 2.32. The number of nitrogens with zero attached hydrogens (tertiary/aromatic N) is 7. The molecule has 0 atom stereocenters. The number of aliphatic hydroxyl groups excluding tert-OH is 1. The summed E-state index contributed by atoms with van der Waals surface area (Å²) in [5.74, 6) is -0.537. The molecule has 0 spiro atoms. The minimum atomic E-state index is -2.86. The number of carbonyl (C=O) groups excluding carboxylic acids is 2. The number of alkyl halides is 2. The van der Waals surface area contributed by atoms with E-state index >= 15 is 0 Å². The molecule has 3 aromatic heterocycles. The minimum absolute atomic E-state index is 0.0436. The van der Waals surface area contributed by atoms with Gasteiger partial charge in [0.25, 0.3) is 12.3 Å².